The number of carbonyl (C=O) groups is 1. The van der Waals surface area contributed by atoms with Crippen molar-refractivity contribution in [3.05, 3.63) is 0 Å². The standard InChI is InChI=1S/C13H26N2O4S/c1-4-7-13(2,17)10-14-12(16)11-6-5-8-15(9-11)20(3,18)19/h11,17H,4-10H2,1-3H3,(H,14,16). The number of hydrogen-bond acceptors (Lipinski definition) is 4. The predicted molar refractivity (Wildman–Crippen MR) is 77.7 cm³/mol. The van der Waals surface area contributed by atoms with Crippen LogP contribution in [0.25, 0.3) is 0 Å². The molecule has 0 bridgehead atoms. The van der Waals surface area contributed by atoms with E-state index in [-0.39, 0.29) is 24.9 Å². The predicted octanol–water partition coefficient (Wildman–Crippen LogP) is 0.325. The van der Waals surface area contributed by atoms with Crippen molar-refractivity contribution >= 4 is 15.9 Å². The van der Waals surface area contributed by atoms with Gasteiger partial charge in [0.15, 0.2) is 0 Å². The number of carbonyl (C=O) groups excluding carboxylic acids is 1. The van der Waals surface area contributed by atoms with Gasteiger partial charge in [0.2, 0.25) is 15.9 Å². The van der Waals surface area contributed by atoms with Crippen molar-refractivity contribution < 1.29 is 18.3 Å². The maximum absolute atomic E-state index is 12.1. The Labute approximate surface area is 121 Å². The lowest BCUT2D eigenvalue weighted by Gasteiger charge is -2.31. The van der Waals surface area contributed by atoms with E-state index in [1.165, 1.54) is 10.6 Å². The summed E-state index contributed by atoms with van der Waals surface area (Å²) in [7, 11) is -3.24. The summed E-state index contributed by atoms with van der Waals surface area (Å²) in [6, 6.07) is 0. The van der Waals surface area contributed by atoms with Gasteiger partial charge < -0.3 is 10.4 Å². The summed E-state index contributed by atoms with van der Waals surface area (Å²) in [6.45, 7) is 4.59. The summed E-state index contributed by atoms with van der Waals surface area (Å²) in [4.78, 5) is 12.1. The molecule has 2 atom stereocenters. The van der Waals surface area contributed by atoms with E-state index in [2.05, 4.69) is 5.32 Å². The fraction of sp³-hybridized carbons (Fsp3) is 0.923. The highest BCUT2D eigenvalue weighted by molar-refractivity contribution is 7.88. The normalized spacial score (nSPS) is 24.1. The van der Waals surface area contributed by atoms with Gasteiger partial charge in [-0.2, -0.15) is 0 Å². The molecule has 1 rings (SSSR count). The first-order valence-electron chi connectivity index (χ1n) is 7.11. The quantitative estimate of drug-likeness (QED) is 0.740. The zero-order chi connectivity index (χ0) is 15.4. The molecular weight excluding hydrogens is 280 g/mol. The molecule has 0 radical (unpaired) electrons. The minimum absolute atomic E-state index is 0.172. The number of nitrogens with zero attached hydrogens (tertiary/aromatic N) is 1. The SMILES string of the molecule is CCCC(C)(O)CNC(=O)C1CCCN(S(C)(=O)=O)C1. The van der Waals surface area contributed by atoms with Crippen molar-refractivity contribution in [2.45, 2.75) is 45.1 Å². The molecular formula is C13H26N2O4S. The minimum atomic E-state index is -3.24. The Bertz CT molecular complexity index is 434. The third-order valence-corrected chi connectivity index (χ3v) is 4.93. The van der Waals surface area contributed by atoms with E-state index < -0.39 is 15.6 Å². The Balaban J connectivity index is 2.51. The van der Waals surface area contributed by atoms with Crippen molar-refractivity contribution in [1.29, 1.82) is 0 Å². The van der Waals surface area contributed by atoms with E-state index in [9.17, 15) is 18.3 Å². The van der Waals surface area contributed by atoms with Gasteiger partial charge in [0.05, 0.1) is 17.8 Å². The molecule has 1 saturated heterocycles. The van der Waals surface area contributed by atoms with Crippen LogP contribution >= 0.6 is 0 Å². The smallest absolute Gasteiger partial charge is 0.224 e. The Morgan fingerprint density at radius 3 is 2.70 bits per heavy atom. The molecule has 1 heterocycles. The Kier molecular flexibility index (Phi) is 5.97. The highest BCUT2D eigenvalue weighted by Gasteiger charge is 2.31. The van der Waals surface area contributed by atoms with Crippen molar-refractivity contribution in [3.63, 3.8) is 0 Å². The Morgan fingerprint density at radius 2 is 2.15 bits per heavy atom. The average molecular weight is 306 g/mol. The van der Waals surface area contributed by atoms with Gasteiger partial charge in [-0.25, -0.2) is 12.7 Å². The molecule has 0 spiro atoms. The summed E-state index contributed by atoms with van der Waals surface area (Å²) in [6.07, 6.45) is 4.01. The Morgan fingerprint density at radius 1 is 1.50 bits per heavy atom. The van der Waals surface area contributed by atoms with Gasteiger partial charge in [-0.1, -0.05) is 13.3 Å². The number of aliphatic hydroxyl groups is 1. The summed E-state index contributed by atoms with van der Waals surface area (Å²) in [5.41, 5.74) is -0.907. The number of amides is 1. The second-order valence-corrected chi connectivity index (χ2v) is 7.91. The van der Waals surface area contributed by atoms with Crippen molar-refractivity contribution in [1.82, 2.24) is 9.62 Å². The summed E-state index contributed by atoms with van der Waals surface area (Å²) < 4.78 is 24.4. The van der Waals surface area contributed by atoms with Crippen LogP contribution in [0.5, 0.6) is 0 Å². The van der Waals surface area contributed by atoms with Gasteiger partial charge in [-0.05, 0) is 26.2 Å². The van der Waals surface area contributed by atoms with E-state index >= 15 is 0 Å². The van der Waals surface area contributed by atoms with Gasteiger partial charge in [0, 0.05) is 19.6 Å². The topological polar surface area (TPSA) is 86.7 Å². The molecule has 2 N–H and O–H groups in total. The fourth-order valence-corrected chi connectivity index (χ4v) is 3.42. The van der Waals surface area contributed by atoms with Crippen LogP contribution in [0.3, 0.4) is 0 Å². The van der Waals surface area contributed by atoms with E-state index in [0.29, 0.717) is 25.8 Å². The molecule has 0 aliphatic carbocycles. The van der Waals surface area contributed by atoms with Crippen LogP contribution in [-0.2, 0) is 14.8 Å². The van der Waals surface area contributed by atoms with Crippen molar-refractivity contribution in [3.8, 4) is 0 Å². The summed E-state index contributed by atoms with van der Waals surface area (Å²) in [5, 5.41) is 12.8. The molecule has 6 nitrogen and oxygen atoms in total. The maximum atomic E-state index is 12.1. The number of nitrogens with one attached hydrogen (secondary N) is 1. The highest BCUT2D eigenvalue weighted by atomic mass is 32.2. The number of hydrogen-bond donors (Lipinski definition) is 2. The lowest BCUT2D eigenvalue weighted by Crippen LogP contribution is -2.48. The molecule has 2 unspecified atom stereocenters. The van der Waals surface area contributed by atoms with Crippen LogP contribution in [0.4, 0.5) is 0 Å². The zero-order valence-corrected chi connectivity index (χ0v) is 13.4. The fourth-order valence-electron chi connectivity index (χ4n) is 2.51. The Hall–Kier alpha value is -0.660. The second kappa shape index (κ2) is 6.87. The van der Waals surface area contributed by atoms with Crippen LogP contribution in [0.1, 0.15) is 39.5 Å². The van der Waals surface area contributed by atoms with Crippen LogP contribution in [0.2, 0.25) is 0 Å². The van der Waals surface area contributed by atoms with Gasteiger partial charge >= 0.3 is 0 Å². The first kappa shape index (κ1) is 17.4. The number of rotatable bonds is 6. The van der Waals surface area contributed by atoms with Crippen molar-refractivity contribution in [2.24, 2.45) is 5.92 Å². The molecule has 0 aromatic rings. The summed E-state index contributed by atoms with van der Waals surface area (Å²) in [5.74, 6) is -0.495. The highest BCUT2D eigenvalue weighted by Crippen LogP contribution is 2.19. The molecule has 118 valence electrons. The third-order valence-electron chi connectivity index (χ3n) is 3.66. The molecule has 1 aliphatic rings. The molecule has 1 aliphatic heterocycles. The molecule has 0 saturated carbocycles. The second-order valence-electron chi connectivity index (χ2n) is 5.92. The van der Waals surface area contributed by atoms with E-state index in [4.69, 9.17) is 0 Å². The molecule has 20 heavy (non-hydrogen) atoms. The van der Waals surface area contributed by atoms with Gasteiger partial charge in [0.1, 0.15) is 0 Å². The average Bonchev–Trinajstić information content (AvgIpc) is 2.35. The first-order chi connectivity index (χ1) is 9.15. The third kappa shape index (κ3) is 5.38. The molecule has 0 aromatic carbocycles. The molecule has 1 amide bonds. The molecule has 7 heteroatoms. The largest absolute Gasteiger partial charge is 0.388 e. The zero-order valence-electron chi connectivity index (χ0n) is 12.6. The lowest BCUT2D eigenvalue weighted by molar-refractivity contribution is -0.127. The summed E-state index contributed by atoms with van der Waals surface area (Å²) >= 11 is 0. The maximum Gasteiger partial charge on any atom is 0.224 e. The number of piperidine rings is 1. The van der Waals surface area contributed by atoms with Crippen molar-refractivity contribution in [2.75, 3.05) is 25.9 Å². The van der Waals surface area contributed by atoms with Crippen LogP contribution in [0.15, 0.2) is 0 Å². The molecule has 1 fully saturated rings. The first-order valence-corrected chi connectivity index (χ1v) is 8.96. The van der Waals surface area contributed by atoms with E-state index in [0.717, 1.165) is 6.42 Å². The molecule has 0 aromatic heterocycles. The van der Waals surface area contributed by atoms with Gasteiger partial charge in [-0.3, -0.25) is 4.79 Å². The van der Waals surface area contributed by atoms with E-state index in [1.807, 2.05) is 6.92 Å². The monoisotopic (exact) mass is 306 g/mol. The number of sulfonamides is 1. The van der Waals surface area contributed by atoms with Gasteiger partial charge in [0.25, 0.3) is 0 Å². The van der Waals surface area contributed by atoms with Gasteiger partial charge in [-0.15, -0.1) is 0 Å². The van der Waals surface area contributed by atoms with Crippen LogP contribution in [-0.4, -0.2) is 55.2 Å². The lowest BCUT2D eigenvalue weighted by atomic mass is 9.97. The minimum Gasteiger partial charge on any atom is -0.388 e. The van der Waals surface area contributed by atoms with E-state index in [1.54, 1.807) is 6.92 Å². The van der Waals surface area contributed by atoms with Crippen LogP contribution in [0, 0.1) is 5.92 Å². The van der Waals surface area contributed by atoms with Crippen LogP contribution < -0.4 is 5.32 Å².